The molecule has 3 aromatic rings. The van der Waals surface area contributed by atoms with Gasteiger partial charge in [-0.25, -0.2) is 9.37 Å². The molecule has 1 amide bonds. The van der Waals surface area contributed by atoms with Gasteiger partial charge in [-0.05, 0) is 42.5 Å². The fourth-order valence-electron chi connectivity index (χ4n) is 2.22. The van der Waals surface area contributed by atoms with E-state index in [4.69, 9.17) is 27.6 Å². The Morgan fingerprint density at radius 2 is 1.92 bits per heavy atom. The number of halogens is 3. The summed E-state index contributed by atoms with van der Waals surface area (Å²) in [5, 5.41) is 3.53. The maximum Gasteiger partial charge on any atom is 0.252 e. The number of hydrogen-bond donors (Lipinski definition) is 1. The van der Waals surface area contributed by atoms with Crippen molar-refractivity contribution < 1.29 is 13.6 Å². The zero-order chi connectivity index (χ0) is 17.8. The second-order valence-corrected chi connectivity index (χ2v) is 6.12. The van der Waals surface area contributed by atoms with Gasteiger partial charge in [0.05, 0.1) is 16.3 Å². The summed E-state index contributed by atoms with van der Waals surface area (Å²) in [6.45, 7) is 0.358. The smallest absolute Gasteiger partial charge is 0.252 e. The molecule has 0 aliphatic heterocycles. The average Bonchev–Trinajstić information content (AvgIpc) is 3.06. The highest BCUT2D eigenvalue weighted by Gasteiger charge is 2.11. The molecule has 0 aliphatic carbocycles. The van der Waals surface area contributed by atoms with Gasteiger partial charge in [0.1, 0.15) is 12.1 Å². The zero-order valence-electron chi connectivity index (χ0n) is 12.9. The van der Waals surface area contributed by atoms with Gasteiger partial charge in [0.25, 0.3) is 5.91 Å². The second kappa shape index (κ2) is 7.68. The summed E-state index contributed by atoms with van der Waals surface area (Å²) in [5.41, 5.74) is 1.68. The summed E-state index contributed by atoms with van der Waals surface area (Å²) in [6, 6.07) is 10.6. The van der Waals surface area contributed by atoms with E-state index < -0.39 is 0 Å². The van der Waals surface area contributed by atoms with Crippen LogP contribution in [-0.4, -0.2) is 17.4 Å². The van der Waals surface area contributed by atoms with E-state index >= 15 is 0 Å². The van der Waals surface area contributed by atoms with Crippen molar-refractivity contribution in [2.45, 2.75) is 6.42 Å². The molecule has 1 N–H and O–H groups in total. The molecule has 0 bridgehead atoms. The molecule has 7 heteroatoms. The van der Waals surface area contributed by atoms with Crippen molar-refractivity contribution in [1.29, 1.82) is 0 Å². The highest BCUT2D eigenvalue weighted by Crippen LogP contribution is 2.21. The van der Waals surface area contributed by atoms with Gasteiger partial charge in [0.15, 0.2) is 0 Å². The van der Waals surface area contributed by atoms with Crippen LogP contribution in [0.2, 0.25) is 10.0 Å². The van der Waals surface area contributed by atoms with Gasteiger partial charge in [-0.1, -0.05) is 23.2 Å². The van der Waals surface area contributed by atoms with Crippen LogP contribution < -0.4 is 5.32 Å². The van der Waals surface area contributed by atoms with E-state index in [9.17, 15) is 9.18 Å². The molecule has 0 saturated carbocycles. The number of oxazole rings is 1. The molecule has 0 spiro atoms. The molecule has 0 aliphatic rings. The number of benzene rings is 2. The summed E-state index contributed by atoms with van der Waals surface area (Å²) < 4.78 is 18.3. The van der Waals surface area contributed by atoms with E-state index in [1.165, 1.54) is 24.5 Å². The minimum absolute atomic E-state index is 0.310. The first kappa shape index (κ1) is 17.5. The molecule has 0 atom stereocenters. The fraction of sp³-hybridized carbons (Fsp3) is 0.111. The molecule has 1 aromatic heterocycles. The van der Waals surface area contributed by atoms with Crippen LogP contribution in [0.3, 0.4) is 0 Å². The standard InChI is InChI=1S/C18H13Cl2FN2O2/c19-12-3-6-16(20)15(9-12)17(24)22-8-7-14-10-25-18(23-14)11-1-4-13(21)5-2-11/h1-6,9-10H,7-8H2,(H,22,24). The topological polar surface area (TPSA) is 55.1 Å². The Kier molecular flexibility index (Phi) is 5.36. The van der Waals surface area contributed by atoms with Gasteiger partial charge in [0.2, 0.25) is 5.89 Å². The maximum atomic E-state index is 12.9. The molecule has 128 valence electrons. The monoisotopic (exact) mass is 378 g/mol. The van der Waals surface area contributed by atoms with E-state index in [-0.39, 0.29) is 11.7 Å². The maximum absolute atomic E-state index is 12.9. The van der Waals surface area contributed by atoms with Gasteiger partial charge < -0.3 is 9.73 Å². The summed E-state index contributed by atoms with van der Waals surface area (Å²) in [4.78, 5) is 16.5. The highest BCUT2D eigenvalue weighted by atomic mass is 35.5. The van der Waals surface area contributed by atoms with E-state index in [1.807, 2.05) is 0 Å². The molecule has 1 heterocycles. The quantitative estimate of drug-likeness (QED) is 0.696. The predicted molar refractivity (Wildman–Crippen MR) is 94.4 cm³/mol. The van der Waals surface area contributed by atoms with Crippen LogP contribution in [0.15, 0.2) is 53.1 Å². The highest BCUT2D eigenvalue weighted by molar-refractivity contribution is 6.35. The van der Waals surface area contributed by atoms with Crippen molar-refractivity contribution >= 4 is 29.1 Å². The van der Waals surface area contributed by atoms with Crippen molar-refractivity contribution in [2.75, 3.05) is 6.54 Å². The SMILES string of the molecule is O=C(NCCc1coc(-c2ccc(F)cc2)n1)c1cc(Cl)ccc1Cl. The normalized spacial score (nSPS) is 10.7. The summed E-state index contributed by atoms with van der Waals surface area (Å²) >= 11 is 11.9. The molecule has 0 saturated heterocycles. The molecular weight excluding hydrogens is 366 g/mol. The second-order valence-electron chi connectivity index (χ2n) is 5.28. The van der Waals surface area contributed by atoms with Crippen LogP contribution >= 0.6 is 23.2 Å². The molecule has 2 aromatic carbocycles. The van der Waals surface area contributed by atoms with E-state index in [2.05, 4.69) is 10.3 Å². The Bertz CT molecular complexity index is 894. The number of rotatable bonds is 5. The van der Waals surface area contributed by atoms with Crippen molar-refractivity contribution in [3.63, 3.8) is 0 Å². The molecule has 0 radical (unpaired) electrons. The van der Waals surface area contributed by atoms with Crippen LogP contribution in [-0.2, 0) is 6.42 Å². The third kappa shape index (κ3) is 4.38. The zero-order valence-corrected chi connectivity index (χ0v) is 14.4. The van der Waals surface area contributed by atoms with Crippen LogP contribution in [0, 0.1) is 5.82 Å². The van der Waals surface area contributed by atoms with E-state index in [0.717, 1.165) is 0 Å². The number of nitrogens with zero attached hydrogens (tertiary/aromatic N) is 1. The predicted octanol–water partition coefficient (Wildman–Crippen LogP) is 4.76. The number of amides is 1. The van der Waals surface area contributed by atoms with Crippen molar-refractivity contribution in [1.82, 2.24) is 10.3 Å². The summed E-state index contributed by atoms with van der Waals surface area (Å²) in [7, 11) is 0. The lowest BCUT2D eigenvalue weighted by Crippen LogP contribution is -2.26. The largest absolute Gasteiger partial charge is 0.444 e. The van der Waals surface area contributed by atoms with E-state index in [0.29, 0.717) is 45.7 Å². The Labute approximate surface area is 153 Å². The van der Waals surface area contributed by atoms with Gasteiger partial charge in [0, 0.05) is 23.6 Å². The van der Waals surface area contributed by atoms with Crippen LogP contribution in [0.4, 0.5) is 4.39 Å². The molecule has 25 heavy (non-hydrogen) atoms. The van der Waals surface area contributed by atoms with E-state index in [1.54, 1.807) is 24.3 Å². The molecule has 0 unspecified atom stereocenters. The van der Waals surface area contributed by atoms with Crippen LogP contribution in [0.5, 0.6) is 0 Å². The molecule has 0 fully saturated rings. The number of carbonyl (C=O) groups excluding carboxylic acids is 1. The van der Waals surface area contributed by atoms with Gasteiger partial charge >= 0.3 is 0 Å². The number of carbonyl (C=O) groups is 1. The summed E-state index contributed by atoms with van der Waals surface area (Å²) in [6.07, 6.45) is 1.99. The number of nitrogens with one attached hydrogen (secondary N) is 1. The summed E-state index contributed by atoms with van der Waals surface area (Å²) in [5.74, 6) is -0.230. The van der Waals surface area contributed by atoms with Gasteiger partial charge in [-0.15, -0.1) is 0 Å². The minimum Gasteiger partial charge on any atom is -0.444 e. The first-order chi connectivity index (χ1) is 12.0. The Hall–Kier alpha value is -2.37. The van der Waals surface area contributed by atoms with Crippen molar-refractivity contribution in [3.05, 3.63) is 75.8 Å². The third-order valence-corrected chi connectivity index (χ3v) is 4.05. The first-order valence-corrected chi connectivity index (χ1v) is 8.22. The van der Waals surface area contributed by atoms with Crippen LogP contribution in [0.25, 0.3) is 11.5 Å². The van der Waals surface area contributed by atoms with Crippen molar-refractivity contribution in [3.8, 4) is 11.5 Å². The Morgan fingerprint density at radius 1 is 1.16 bits per heavy atom. The molecule has 4 nitrogen and oxygen atoms in total. The minimum atomic E-state index is -0.321. The number of hydrogen-bond acceptors (Lipinski definition) is 3. The Morgan fingerprint density at radius 3 is 2.68 bits per heavy atom. The number of aromatic nitrogens is 1. The molecule has 3 rings (SSSR count). The Balaban J connectivity index is 1.58. The van der Waals surface area contributed by atoms with Crippen molar-refractivity contribution in [2.24, 2.45) is 0 Å². The third-order valence-electron chi connectivity index (χ3n) is 3.48. The van der Waals surface area contributed by atoms with Gasteiger partial charge in [-0.3, -0.25) is 4.79 Å². The van der Waals surface area contributed by atoms with Crippen LogP contribution in [0.1, 0.15) is 16.1 Å². The lowest BCUT2D eigenvalue weighted by molar-refractivity contribution is 0.0954. The molecular formula is C18H13Cl2FN2O2. The fourth-order valence-corrected chi connectivity index (χ4v) is 2.59. The lowest BCUT2D eigenvalue weighted by atomic mass is 10.2. The van der Waals surface area contributed by atoms with Gasteiger partial charge in [-0.2, -0.15) is 0 Å². The first-order valence-electron chi connectivity index (χ1n) is 7.46. The average molecular weight is 379 g/mol. The lowest BCUT2D eigenvalue weighted by Gasteiger charge is -2.06.